The molecule has 210 valence electrons. The number of hydrogen-bond donors (Lipinski definition) is 1. The standard InChI is InChI=1S/C30H38N2O7/c1-30(2,3)39-29(36)32-18-21(37-4)16-20(32)17-31(15-9-14-27(33)34)28(35)38-19-26-24-12-7-5-10-22(24)23-11-6-8-13-25(23)26/h5-8,10-13,20-21,26H,9,14-19H2,1-4H3,(H,33,34)/t20-,21+/m0/s1. The van der Waals surface area contributed by atoms with E-state index in [0.29, 0.717) is 13.0 Å². The summed E-state index contributed by atoms with van der Waals surface area (Å²) >= 11 is 0. The van der Waals surface area contributed by atoms with E-state index >= 15 is 0 Å². The van der Waals surface area contributed by atoms with Gasteiger partial charge in [0, 0.05) is 32.5 Å². The number of rotatable bonds is 9. The van der Waals surface area contributed by atoms with Crippen LogP contribution in [0.3, 0.4) is 0 Å². The van der Waals surface area contributed by atoms with E-state index in [0.717, 1.165) is 22.3 Å². The monoisotopic (exact) mass is 538 g/mol. The van der Waals surface area contributed by atoms with E-state index in [-0.39, 0.29) is 50.6 Å². The molecule has 2 aliphatic rings. The van der Waals surface area contributed by atoms with Crippen LogP contribution < -0.4 is 0 Å². The summed E-state index contributed by atoms with van der Waals surface area (Å²) in [5.41, 5.74) is 3.83. The van der Waals surface area contributed by atoms with Gasteiger partial charge in [0.2, 0.25) is 0 Å². The van der Waals surface area contributed by atoms with Crippen molar-refractivity contribution >= 4 is 18.2 Å². The quantitative estimate of drug-likeness (QED) is 0.472. The summed E-state index contributed by atoms with van der Waals surface area (Å²) in [4.78, 5) is 40.7. The summed E-state index contributed by atoms with van der Waals surface area (Å²) in [7, 11) is 1.59. The van der Waals surface area contributed by atoms with Gasteiger partial charge in [-0.2, -0.15) is 0 Å². The molecule has 1 N–H and O–H groups in total. The van der Waals surface area contributed by atoms with Gasteiger partial charge in [-0.05, 0) is 55.9 Å². The number of carboxylic acids is 1. The highest BCUT2D eigenvalue weighted by Crippen LogP contribution is 2.44. The van der Waals surface area contributed by atoms with Gasteiger partial charge >= 0.3 is 18.2 Å². The van der Waals surface area contributed by atoms with Crippen molar-refractivity contribution < 1.29 is 33.7 Å². The first kappa shape index (κ1) is 28.4. The average molecular weight is 539 g/mol. The molecule has 0 spiro atoms. The zero-order chi connectivity index (χ0) is 28.2. The highest BCUT2D eigenvalue weighted by Gasteiger charge is 2.39. The second-order valence-corrected chi connectivity index (χ2v) is 11.1. The third kappa shape index (κ3) is 6.89. The summed E-state index contributed by atoms with van der Waals surface area (Å²) < 4.78 is 17.0. The number of aliphatic carboxylic acids is 1. The SMILES string of the molecule is CO[C@@H]1C[C@@H](CN(CCCC(=O)O)C(=O)OCC2c3ccccc3-c3ccccc32)N(C(=O)OC(C)(C)C)C1. The molecule has 2 aromatic rings. The zero-order valence-corrected chi connectivity index (χ0v) is 23.1. The molecule has 2 aromatic carbocycles. The number of carboxylic acid groups (broad SMARTS) is 1. The van der Waals surface area contributed by atoms with Crippen molar-refractivity contribution in [1.82, 2.24) is 9.80 Å². The molecule has 9 nitrogen and oxygen atoms in total. The van der Waals surface area contributed by atoms with Crippen molar-refractivity contribution in [1.29, 1.82) is 0 Å². The first-order chi connectivity index (χ1) is 18.6. The number of nitrogens with zero attached hydrogens (tertiary/aromatic N) is 2. The molecular formula is C30H38N2O7. The van der Waals surface area contributed by atoms with E-state index in [4.69, 9.17) is 19.3 Å². The van der Waals surface area contributed by atoms with Crippen LogP contribution in [0, 0.1) is 0 Å². The molecule has 9 heteroatoms. The van der Waals surface area contributed by atoms with Crippen LogP contribution in [-0.2, 0) is 19.0 Å². The van der Waals surface area contributed by atoms with Gasteiger partial charge in [-0.1, -0.05) is 48.5 Å². The molecule has 0 bridgehead atoms. The van der Waals surface area contributed by atoms with Crippen LogP contribution in [0.25, 0.3) is 11.1 Å². The van der Waals surface area contributed by atoms with Crippen molar-refractivity contribution in [3.05, 3.63) is 59.7 Å². The third-order valence-corrected chi connectivity index (χ3v) is 7.18. The number of carbonyl (C=O) groups is 3. The Morgan fingerprint density at radius 1 is 1.03 bits per heavy atom. The van der Waals surface area contributed by atoms with Gasteiger partial charge in [0.25, 0.3) is 0 Å². The van der Waals surface area contributed by atoms with Gasteiger partial charge in [-0.15, -0.1) is 0 Å². The van der Waals surface area contributed by atoms with E-state index in [1.807, 2.05) is 24.3 Å². The Morgan fingerprint density at radius 2 is 1.64 bits per heavy atom. The number of hydrogen-bond acceptors (Lipinski definition) is 6. The van der Waals surface area contributed by atoms with Crippen molar-refractivity contribution in [3.63, 3.8) is 0 Å². The van der Waals surface area contributed by atoms with Crippen LogP contribution in [0.5, 0.6) is 0 Å². The van der Waals surface area contributed by atoms with Gasteiger partial charge < -0.3 is 29.1 Å². The lowest BCUT2D eigenvalue weighted by Crippen LogP contribution is -2.47. The average Bonchev–Trinajstić information content (AvgIpc) is 3.44. The normalized spacial score (nSPS) is 18.4. The second-order valence-electron chi connectivity index (χ2n) is 11.1. The Hall–Kier alpha value is -3.59. The minimum Gasteiger partial charge on any atom is -0.481 e. The molecule has 0 aromatic heterocycles. The predicted molar refractivity (Wildman–Crippen MR) is 146 cm³/mol. The predicted octanol–water partition coefficient (Wildman–Crippen LogP) is 5.13. The second kappa shape index (κ2) is 12.1. The van der Waals surface area contributed by atoms with E-state index in [9.17, 15) is 14.4 Å². The van der Waals surface area contributed by atoms with Crippen LogP contribution >= 0.6 is 0 Å². The summed E-state index contributed by atoms with van der Waals surface area (Å²) in [6, 6.07) is 15.9. The molecule has 0 saturated carbocycles. The first-order valence-corrected chi connectivity index (χ1v) is 13.4. The van der Waals surface area contributed by atoms with Gasteiger partial charge in [0.15, 0.2) is 0 Å². The topological polar surface area (TPSA) is 106 Å². The fraction of sp³-hybridized carbons (Fsp3) is 0.500. The number of likely N-dealkylation sites (tertiary alicyclic amines) is 1. The minimum atomic E-state index is -0.932. The number of methoxy groups -OCH3 is 1. The van der Waals surface area contributed by atoms with E-state index in [2.05, 4.69) is 24.3 Å². The van der Waals surface area contributed by atoms with Gasteiger partial charge in [0.1, 0.15) is 12.2 Å². The number of carbonyl (C=O) groups excluding carboxylic acids is 2. The Labute approximate surface area is 229 Å². The number of ether oxygens (including phenoxy) is 3. The lowest BCUT2D eigenvalue weighted by Gasteiger charge is -2.32. The molecule has 1 fully saturated rings. The van der Waals surface area contributed by atoms with Crippen LogP contribution in [0.1, 0.15) is 57.1 Å². The Kier molecular flexibility index (Phi) is 8.80. The first-order valence-electron chi connectivity index (χ1n) is 13.4. The lowest BCUT2D eigenvalue weighted by molar-refractivity contribution is -0.137. The van der Waals surface area contributed by atoms with Crippen molar-refractivity contribution in [2.24, 2.45) is 0 Å². The molecule has 1 saturated heterocycles. The molecule has 39 heavy (non-hydrogen) atoms. The molecule has 1 aliphatic carbocycles. The number of fused-ring (bicyclic) bond motifs is 3. The number of benzene rings is 2. The highest BCUT2D eigenvalue weighted by molar-refractivity contribution is 5.79. The fourth-order valence-corrected chi connectivity index (χ4v) is 5.38. The Morgan fingerprint density at radius 3 is 2.21 bits per heavy atom. The molecule has 2 atom stereocenters. The summed E-state index contributed by atoms with van der Waals surface area (Å²) in [6.45, 7) is 6.30. The molecule has 1 heterocycles. The molecule has 2 amide bonds. The van der Waals surface area contributed by atoms with Gasteiger partial charge in [-0.3, -0.25) is 4.79 Å². The highest BCUT2D eigenvalue weighted by atomic mass is 16.6. The molecule has 0 radical (unpaired) electrons. The van der Waals surface area contributed by atoms with Gasteiger partial charge in [0.05, 0.1) is 18.7 Å². The maximum atomic E-state index is 13.4. The maximum Gasteiger partial charge on any atom is 0.410 e. The van der Waals surface area contributed by atoms with Crippen LogP contribution in [0.2, 0.25) is 0 Å². The number of amides is 2. The fourth-order valence-electron chi connectivity index (χ4n) is 5.38. The lowest BCUT2D eigenvalue weighted by atomic mass is 9.98. The largest absolute Gasteiger partial charge is 0.481 e. The van der Waals surface area contributed by atoms with E-state index < -0.39 is 23.8 Å². The summed E-state index contributed by atoms with van der Waals surface area (Å²) in [6.07, 6.45) is -0.467. The third-order valence-electron chi connectivity index (χ3n) is 7.18. The van der Waals surface area contributed by atoms with Crippen LogP contribution in [0.4, 0.5) is 9.59 Å². The summed E-state index contributed by atoms with van der Waals surface area (Å²) in [5, 5.41) is 9.15. The van der Waals surface area contributed by atoms with E-state index in [1.165, 1.54) is 4.90 Å². The molecule has 1 aliphatic heterocycles. The van der Waals surface area contributed by atoms with Gasteiger partial charge in [-0.25, -0.2) is 9.59 Å². The Bertz CT molecular complexity index is 1150. The van der Waals surface area contributed by atoms with Crippen molar-refractivity contribution in [3.8, 4) is 11.1 Å². The van der Waals surface area contributed by atoms with Crippen molar-refractivity contribution in [2.45, 2.75) is 63.7 Å². The zero-order valence-electron chi connectivity index (χ0n) is 23.1. The van der Waals surface area contributed by atoms with E-state index in [1.54, 1.807) is 32.8 Å². The van der Waals surface area contributed by atoms with Crippen LogP contribution in [-0.4, -0.2) is 84.2 Å². The van der Waals surface area contributed by atoms with Crippen molar-refractivity contribution in [2.75, 3.05) is 33.4 Å². The summed E-state index contributed by atoms with van der Waals surface area (Å²) in [5.74, 6) is -1.02. The molecular weight excluding hydrogens is 500 g/mol. The Balaban J connectivity index is 1.49. The molecule has 4 rings (SSSR count). The minimum absolute atomic E-state index is 0.0751. The molecule has 0 unspecified atom stereocenters. The van der Waals surface area contributed by atoms with Crippen LogP contribution in [0.15, 0.2) is 48.5 Å². The smallest absolute Gasteiger partial charge is 0.410 e. The maximum absolute atomic E-state index is 13.4.